The Kier molecular flexibility index (Phi) is 7.49. The number of carbonyl (C=O) groups excluding carboxylic acids is 2. The van der Waals surface area contributed by atoms with Crippen LogP contribution in [0, 0.1) is 13.8 Å². The highest BCUT2D eigenvalue weighted by molar-refractivity contribution is 6.30. The molecule has 2 aromatic carbocycles. The Hall–Kier alpha value is -2.73. The van der Waals surface area contributed by atoms with Gasteiger partial charge in [0.25, 0.3) is 5.91 Å². The average Bonchev–Trinajstić information content (AvgIpc) is 2.64. The van der Waals surface area contributed by atoms with E-state index in [-0.39, 0.29) is 13.2 Å². The quantitative estimate of drug-likeness (QED) is 0.699. The molecule has 0 aliphatic heterocycles. The first-order valence-electron chi connectivity index (χ1n) is 8.34. The number of rotatable bonds is 8. The number of benzene rings is 2. The van der Waals surface area contributed by atoms with Gasteiger partial charge in [-0.25, -0.2) is 4.79 Å². The third-order valence-electron chi connectivity index (χ3n) is 3.75. The number of amides is 1. The number of nitrogens with one attached hydrogen (secondary N) is 1. The van der Waals surface area contributed by atoms with Gasteiger partial charge < -0.3 is 19.5 Å². The van der Waals surface area contributed by atoms with E-state index < -0.39 is 11.9 Å². The van der Waals surface area contributed by atoms with Crippen LogP contribution in [0.2, 0.25) is 5.02 Å². The summed E-state index contributed by atoms with van der Waals surface area (Å²) in [5.41, 5.74) is 2.53. The van der Waals surface area contributed by atoms with Gasteiger partial charge in [-0.1, -0.05) is 23.7 Å². The molecular weight excluding hydrogens is 370 g/mol. The van der Waals surface area contributed by atoms with Crippen LogP contribution in [-0.2, 0) is 20.9 Å². The van der Waals surface area contributed by atoms with E-state index in [0.717, 1.165) is 16.7 Å². The molecule has 2 rings (SSSR count). The van der Waals surface area contributed by atoms with Crippen LogP contribution in [0.4, 0.5) is 0 Å². The summed E-state index contributed by atoms with van der Waals surface area (Å²) in [5, 5.41) is 3.28. The lowest BCUT2D eigenvalue weighted by Gasteiger charge is -2.12. The van der Waals surface area contributed by atoms with Gasteiger partial charge in [0.1, 0.15) is 11.5 Å². The molecule has 0 saturated carbocycles. The van der Waals surface area contributed by atoms with Crippen LogP contribution in [0.1, 0.15) is 16.7 Å². The largest absolute Gasteiger partial charge is 0.497 e. The van der Waals surface area contributed by atoms with Gasteiger partial charge in [0, 0.05) is 11.6 Å². The summed E-state index contributed by atoms with van der Waals surface area (Å²) in [7, 11) is 1.58. The molecule has 6 nitrogen and oxygen atoms in total. The number of methoxy groups -OCH3 is 1. The minimum atomic E-state index is -0.625. The molecule has 0 atom stereocenters. The van der Waals surface area contributed by atoms with Gasteiger partial charge in [0.05, 0.1) is 7.11 Å². The average molecular weight is 392 g/mol. The molecule has 0 aliphatic carbocycles. The van der Waals surface area contributed by atoms with Gasteiger partial charge in [-0.3, -0.25) is 4.79 Å². The number of hydrogen-bond acceptors (Lipinski definition) is 5. The van der Waals surface area contributed by atoms with E-state index in [4.69, 9.17) is 25.8 Å². The van der Waals surface area contributed by atoms with Crippen LogP contribution in [0.5, 0.6) is 11.5 Å². The fourth-order valence-electron chi connectivity index (χ4n) is 2.48. The van der Waals surface area contributed by atoms with Gasteiger partial charge in [-0.15, -0.1) is 0 Å². The lowest BCUT2D eigenvalue weighted by molar-refractivity contribution is -0.150. The van der Waals surface area contributed by atoms with Crippen LogP contribution in [-0.4, -0.2) is 32.2 Å². The molecule has 27 heavy (non-hydrogen) atoms. The standard InChI is InChI=1S/C20H22ClNO5/c1-13-7-16(21)8-14(2)20(13)27-12-19(24)26-11-18(23)22-10-15-5-4-6-17(9-15)25-3/h4-9H,10-12H2,1-3H3,(H,22,23). The van der Waals surface area contributed by atoms with Crippen molar-refractivity contribution in [2.75, 3.05) is 20.3 Å². The summed E-state index contributed by atoms with van der Waals surface area (Å²) in [6.07, 6.45) is 0. The van der Waals surface area contributed by atoms with E-state index in [1.165, 1.54) is 0 Å². The number of esters is 1. The molecule has 7 heteroatoms. The highest BCUT2D eigenvalue weighted by Crippen LogP contribution is 2.26. The van der Waals surface area contributed by atoms with Crippen molar-refractivity contribution in [2.24, 2.45) is 0 Å². The third kappa shape index (κ3) is 6.49. The van der Waals surface area contributed by atoms with Crippen molar-refractivity contribution in [1.29, 1.82) is 0 Å². The second kappa shape index (κ2) is 9.83. The monoisotopic (exact) mass is 391 g/mol. The summed E-state index contributed by atoms with van der Waals surface area (Å²) in [6, 6.07) is 10.8. The Bertz CT molecular complexity index is 799. The fourth-order valence-corrected chi connectivity index (χ4v) is 2.81. The van der Waals surface area contributed by atoms with Crippen molar-refractivity contribution >= 4 is 23.5 Å². The fraction of sp³-hybridized carbons (Fsp3) is 0.300. The van der Waals surface area contributed by atoms with Crippen LogP contribution in [0.25, 0.3) is 0 Å². The molecule has 0 spiro atoms. The van der Waals surface area contributed by atoms with Gasteiger partial charge in [0.15, 0.2) is 13.2 Å². The number of ether oxygens (including phenoxy) is 3. The zero-order valence-electron chi connectivity index (χ0n) is 15.5. The van der Waals surface area contributed by atoms with Crippen molar-refractivity contribution in [3.05, 3.63) is 58.1 Å². The van der Waals surface area contributed by atoms with Crippen molar-refractivity contribution in [1.82, 2.24) is 5.32 Å². The molecule has 0 radical (unpaired) electrons. The van der Waals surface area contributed by atoms with Crippen molar-refractivity contribution in [2.45, 2.75) is 20.4 Å². The molecule has 2 aromatic rings. The van der Waals surface area contributed by atoms with E-state index in [1.54, 1.807) is 19.2 Å². The van der Waals surface area contributed by atoms with E-state index in [1.807, 2.05) is 38.1 Å². The molecule has 0 aromatic heterocycles. The zero-order valence-corrected chi connectivity index (χ0v) is 16.3. The van der Waals surface area contributed by atoms with E-state index in [2.05, 4.69) is 5.32 Å². The molecule has 144 valence electrons. The van der Waals surface area contributed by atoms with Gasteiger partial charge in [0.2, 0.25) is 0 Å². The molecular formula is C20H22ClNO5. The van der Waals surface area contributed by atoms with Gasteiger partial charge >= 0.3 is 5.97 Å². The number of aryl methyl sites for hydroxylation is 2. The predicted molar refractivity (Wildman–Crippen MR) is 102 cm³/mol. The lowest BCUT2D eigenvalue weighted by atomic mass is 10.1. The molecule has 0 fully saturated rings. The second-order valence-corrected chi connectivity index (χ2v) is 6.38. The first-order valence-corrected chi connectivity index (χ1v) is 8.71. The van der Waals surface area contributed by atoms with Crippen molar-refractivity contribution in [3.8, 4) is 11.5 Å². The Morgan fingerprint density at radius 2 is 1.78 bits per heavy atom. The molecule has 1 amide bonds. The van der Waals surface area contributed by atoms with Crippen molar-refractivity contribution in [3.63, 3.8) is 0 Å². The second-order valence-electron chi connectivity index (χ2n) is 5.95. The Morgan fingerprint density at radius 1 is 1.07 bits per heavy atom. The highest BCUT2D eigenvalue weighted by atomic mass is 35.5. The summed E-state index contributed by atoms with van der Waals surface area (Å²) < 4.78 is 15.6. The number of halogens is 1. The zero-order chi connectivity index (χ0) is 19.8. The highest BCUT2D eigenvalue weighted by Gasteiger charge is 2.11. The molecule has 0 bridgehead atoms. The Balaban J connectivity index is 1.74. The van der Waals surface area contributed by atoms with Gasteiger partial charge in [-0.2, -0.15) is 0 Å². The Morgan fingerprint density at radius 3 is 2.44 bits per heavy atom. The van der Waals surface area contributed by atoms with Crippen LogP contribution >= 0.6 is 11.6 Å². The molecule has 0 saturated heterocycles. The Labute approximate surface area is 163 Å². The maximum Gasteiger partial charge on any atom is 0.344 e. The summed E-state index contributed by atoms with van der Waals surface area (Å²) in [4.78, 5) is 23.6. The smallest absolute Gasteiger partial charge is 0.344 e. The summed E-state index contributed by atoms with van der Waals surface area (Å²) in [6.45, 7) is 3.33. The molecule has 0 unspecified atom stereocenters. The SMILES string of the molecule is COc1cccc(CNC(=O)COC(=O)COc2c(C)cc(Cl)cc2C)c1. The summed E-state index contributed by atoms with van der Waals surface area (Å²) in [5.74, 6) is 0.266. The number of hydrogen-bond donors (Lipinski definition) is 1. The maximum absolute atomic E-state index is 11.8. The first kappa shape index (κ1) is 20.6. The van der Waals surface area contributed by atoms with Crippen LogP contribution in [0.15, 0.2) is 36.4 Å². The number of carbonyl (C=O) groups is 2. The van der Waals surface area contributed by atoms with E-state index in [9.17, 15) is 9.59 Å². The minimum absolute atomic E-state index is 0.285. The molecule has 0 aliphatic rings. The predicted octanol–water partition coefficient (Wildman–Crippen LogP) is 3.20. The molecule has 1 N–H and O–H groups in total. The topological polar surface area (TPSA) is 73.9 Å². The minimum Gasteiger partial charge on any atom is -0.497 e. The maximum atomic E-state index is 11.8. The van der Waals surface area contributed by atoms with Gasteiger partial charge in [-0.05, 0) is 54.8 Å². The first-order chi connectivity index (χ1) is 12.9. The van der Waals surface area contributed by atoms with Crippen molar-refractivity contribution < 1.29 is 23.8 Å². The van der Waals surface area contributed by atoms with Crippen LogP contribution < -0.4 is 14.8 Å². The summed E-state index contributed by atoms with van der Waals surface area (Å²) >= 11 is 5.96. The van der Waals surface area contributed by atoms with Crippen LogP contribution in [0.3, 0.4) is 0 Å². The van der Waals surface area contributed by atoms with E-state index in [0.29, 0.717) is 23.1 Å². The normalized spacial score (nSPS) is 10.2. The van der Waals surface area contributed by atoms with E-state index >= 15 is 0 Å². The lowest BCUT2D eigenvalue weighted by Crippen LogP contribution is -2.29. The third-order valence-corrected chi connectivity index (χ3v) is 3.97. The molecule has 0 heterocycles.